The first-order chi connectivity index (χ1) is 12.0. The predicted molar refractivity (Wildman–Crippen MR) is 98.4 cm³/mol. The van der Waals surface area contributed by atoms with Gasteiger partial charge in [0.25, 0.3) is 5.91 Å². The molecule has 0 saturated carbocycles. The van der Waals surface area contributed by atoms with Gasteiger partial charge in [0.2, 0.25) is 0 Å². The summed E-state index contributed by atoms with van der Waals surface area (Å²) in [6, 6.07) is 5.53. The molecule has 0 bridgehead atoms. The Bertz CT molecular complexity index is 595. The van der Waals surface area contributed by atoms with Gasteiger partial charge in [-0.1, -0.05) is 13.8 Å². The number of hydrogen-bond acceptors (Lipinski definition) is 4. The van der Waals surface area contributed by atoms with Gasteiger partial charge in [-0.3, -0.25) is 4.79 Å². The van der Waals surface area contributed by atoms with Crippen molar-refractivity contribution in [1.82, 2.24) is 10.2 Å². The minimum absolute atomic E-state index is 0.0544. The maximum atomic E-state index is 12.6. The van der Waals surface area contributed by atoms with Gasteiger partial charge in [0.15, 0.2) is 11.5 Å². The molecule has 2 aliphatic rings. The second kappa shape index (κ2) is 8.09. The van der Waals surface area contributed by atoms with Crippen LogP contribution in [0.4, 0.5) is 0 Å². The second-order valence-electron chi connectivity index (χ2n) is 7.75. The molecule has 0 aliphatic carbocycles. The number of piperidine rings is 1. The summed E-state index contributed by atoms with van der Waals surface area (Å²) in [5, 5.41) is 3.12. The number of hydrogen-bond donors (Lipinski definition) is 1. The highest BCUT2D eigenvalue weighted by Gasteiger charge is 2.23. The van der Waals surface area contributed by atoms with Crippen molar-refractivity contribution >= 4 is 5.91 Å². The number of benzene rings is 1. The number of rotatable bonds is 4. The summed E-state index contributed by atoms with van der Waals surface area (Å²) in [4.78, 5) is 15.0. The maximum absolute atomic E-state index is 12.6. The molecule has 138 valence electrons. The fraction of sp³-hybridized carbons (Fsp3) is 0.650. The number of amides is 1. The Morgan fingerprint density at radius 2 is 1.88 bits per heavy atom. The van der Waals surface area contributed by atoms with E-state index in [1.54, 1.807) is 12.1 Å². The monoisotopic (exact) mass is 346 g/mol. The smallest absolute Gasteiger partial charge is 0.251 e. The molecule has 3 atom stereocenters. The van der Waals surface area contributed by atoms with Crippen molar-refractivity contribution in [1.29, 1.82) is 0 Å². The lowest BCUT2D eigenvalue weighted by Crippen LogP contribution is -2.47. The molecule has 1 N–H and O–H groups in total. The Morgan fingerprint density at radius 3 is 2.60 bits per heavy atom. The van der Waals surface area contributed by atoms with Gasteiger partial charge in [-0.2, -0.15) is 0 Å². The van der Waals surface area contributed by atoms with Crippen LogP contribution in [-0.4, -0.2) is 49.7 Å². The van der Waals surface area contributed by atoms with E-state index in [1.165, 1.54) is 6.42 Å². The van der Waals surface area contributed by atoms with Crippen molar-refractivity contribution in [3.05, 3.63) is 23.8 Å². The Balaban J connectivity index is 1.57. The highest BCUT2D eigenvalue weighted by molar-refractivity contribution is 5.95. The molecule has 2 aliphatic heterocycles. The quantitative estimate of drug-likeness (QED) is 0.911. The van der Waals surface area contributed by atoms with Crippen molar-refractivity contribution in [2.75, 3.05) is 32.8 Å². The fourth-order valence-electron chi connectivity index (χ4n) is 3.99. The van der Waals surface area contributed by atoms with E-state index < -0.39 is 0 Å². The lowest BCUT2D eigenvalue weighted by Gasteiger charge is -2.36. The number of nitrogens with zero attached hydrogens (tertiary/aromatic N) is 1. The van der Waals surface area contributed by atoms with Crippen LogP contribution in [0.15, 0.2) is 18.2 Å². The molecular weight excluding hydrogens is 316 g/mol. The minimum atomic E-state index is -0.0544. The summed E-state index contributed by atoms with van der Waals surface area (Å²) < 4.78 is 11.3. The number of likely N-dealkylation sites (tertiary alicyclic amines) is 1. The van der Waals surface area contributed by atoms with E-state index in [4.69, 9.17) is 9.47 Å². The molecule has 1 aromatic rings. The van der Waals surface area contributed by atoms with Crippen LogP contribution in [0.25, 0.3) is 0 Å². The Labute approximate surface area is 150 Å². The Morgan fingerprint density at radius 1 is 1.20 bits per heavy atom. The fourth-order valence-corrected chi connectivity index (χ4v) is 3.99. The van der Waals surface area contributed by atoms with E-state index in [9.17, 15) is 4.79 Å². The van der Waals surface area contributed by atoms with E-state index in [0.29, 0.717) is 24.5 Å². The molecule has 5 heteroatoms. The van der Waals surface area contributed by atoms with Crippen LogP contribution in [-0.2, 0) is 0 Å². The van der Waals surface area contributed by atoms with Gasteiger partial charge < -0.3 is 19.7 Å². The number of carbonyl (C=O) groups is 1. The van der Waals surface area contributed by atoms with Crippen molar-refractivity contribution in [2.45, 2.75) is 39.7 Å². The second-order valence-corrected chi connectivity index (χ2v) is 7.75. The first-order valence-corrected chi connectivity index (χ1v) is 9.44. The standard InChI is InChI=1S/C20H30N2O3/c1-14-9-15(2)12-22(11-14)13-16(3)21-20(23)17-5-6-18-19(10-17)25-8-4-7-24-18/h5-6,10,14-16H,4,7-9,11-13H2,1-3H3,(H,21,23). The van der Waals surface area contributed by atoms with E-state index in [2.05, 4.69) is 31.0 Å². The summed E-state index contributed by atoms with van der Waals surface area (Å²) in [5.41, 5.74) is 0.622. The SMILES string of the molecule is CC1CC(C)CN(CC(C)NC(=O)c2ccc3c(c2)OCCCO3)C1. The first-order valence-electron chi connectivity index (χ1n) is 9.44. The minimum Gasteiger partial charge on any atom is -0.490 e. The normalized spacial score (nSPS) is 25.1. The zero-order chi connectivity index (χ0) is 17.8. The Kier molecular flexibility index (Phi) is 5.84. The van der Waals surface area contributed by atoms with Gasteiger partial charge in [0, 0.05) is 37.7 Å². The molecule has 0 aromatic heterocycles. The third-order valence-electron chi connectivity index (χ3n) is 4.86. The van der Waals surface area contributed by atoms with Crippen LogP contribution in [0.5, 0.6) is 11.5 Å². The van der Waals surface area contributed by atoms with Gasteiger partial charge in [0.1, 0.15) is 0 Å². The first kappa shape index (κ1) is 18.1. The third kappa shape index (κ3) is 4.88. The zero-order valence-corrected chi connectivity index (χ0v) is 15.6. The molecule has 25 heavy (non-hydrogen) atoms. The molecule has 2 heterocycles. The van der Waals surface area contributed by atoms with Gasteiger partial charge in [-0.15, -0.1) is 0 Å². The molecule has 3 unspecified atom stereocenters. The highest BCUT2D eigenvalue weighted by atomic mass is 16.5. The van der Waals surface area contributed by atoms with Gasteiger partial charge in [-0.25, -0.2) is 0 Å². The molecule has 0 radical (unpaired) electrons. The lowest BCUT2D eigenvalue weighted by molar-refractivity contribution is 0.0904. The molecule has 1 saturated heterocycles. The van der Waals surface area contributed by atoms with Crippen LogP contribution < -0.4 is 14.8 Å². The third-order valence-corrected chi connectivity index (χ3v) is 4.86. The van der Waals surface area contributed by atoms with Crippen LogP contribution in [0.3, 0.4) is 0 Å². The average Bonchev–Trinajstić information content (AvgIpc) is 2.78. The summed E-state index contributed by atoms with van der Waals surface area (Å²) in [6.07, 6.45) is 2.16. The summed E-state index contributed by atoms with van der Waals surface area (Å²) in [5.74, 6) is 2.79. The maximum Gasteiger partial charge on any atom is 0.251 e. The summed E-state index contributed by atoms with van der Waals surface area (Å²) in [7, 11) is 0. The molecule has 5 nitrogen and oxygen atoms in total. The molecule has 1 fully saturated rings. The molecule has 1 amide bonds. The topological polar surface area (TPSA) is 50.8 Å². The van der Waals surface area contributed by atoms with E-state index in [1.807, 2.05) is 6.07 Å². The van der Waals surface area contributed by atoms with Crippen molar-refractivity contribution in [2.24, 2.45) is 11.8 Å². The Hall–Kier alpha value is -1.75. The molecule has 3 rings (SSSR count). The summed E-state index contributed by atoms with van der Waals surface area (Å²) in [6.45, 7) is 11.1. The molecule has 1 aromatic carbocycles. The number of fused-ring (bicyclic) bond motifs is 1. The predicted octanol–water partition coefficient (Wildman–Crippen LogP) is 2.94. The van der Waals surface area contributed by atoms with Crippen LogP contribution >= 0.6 is 0 Å². The van der Waals surface area contributed by atoms with E-state index >= 15 is 0 Å². The van der Waals surface area contributed by atoms with E-state index in [0.717, 1.165) is 43.6 Å². The van der Waals surface area contributed by atoms with E-state index in [-0.39, 0.29) is 11.9 Å². The van der Waals surface area contributed by atoms with Gasteiger partial charge >= 0.3 is 0 Å². The van der Waals surface area contributed by atoms with Crippen LogP contribution in [0.1, 0.15) is 44.0 Å². The van der Waals surface area contributed by atoms with Crippen molar-refractivity contribution in [3.8, 4) is 11.5 Å². The average molecular weight is 346 g/mol. The molecule has 0 spiro atoms. The van der Waals surface area contributed by atoms with Crippen LogP contribution in [0, 0.1) is 11.8 Å². The number of nitrogens with one attached hydrogen (secondary N) is 1. The largest absolute Gasteiger partial charge is 0.490 e. The van der Waals surface area contributed by atoms with Gasteiger partial charge in [-0.05, 0) is 43.4 Å². The summed E-state index contributed by atoms with van der Waals surface area (Å²) >= 11 is 0. The lowest BCUT2D eigenvalue weighted by atomic mass is 9.92. The van der Waals surface area contributed by atoms with Crippen molar-refractivity contribution in [3.63, 3.8) is 0 Å². The zero-order valence-electron chi connectivity index (χ0n) is 15.6. The van der Waals surface area contributed by atoms with Crippen molar-refractivity contribution < 1.29 is 14.3 Å². The number of ether oxygens (including phenoxy) is 2. The highest BCUT2D eigenvalue weighted by Crippen LogP contribution is 2.30. The van der Waals surface area contributed by atoms with Gasteiger partial charge in [0.05, 0.1) is 13.2 Å². The number of carbonyl (C=O) groups excluding carboxylic acids is 1. The molecular formula is C20H30N2O3. The van der Waals surface area contributed by atoms with Crippen LogP contribution in [0.2, 0.25) is 0 Å².